The SMILES string of the molecule is COc1cccc(-c2cc(N)no2)c1OC1CCSC1. The molecule has 1 saturated heterocycles. The summed E-state index contributed by atoms with van der Waals surface area (Å²) >= 11 is 1.90. The Balaban J connectivity index is 1.99. The summed E-state index contributed by atoms with van der Waals surface area (Å²) in [5, 5.41) is 3.72. The quantitative estimate of drug-likeness (QED) is 0.934. The maximum atomic E-state index is 6.12. The number of para-hydroxylation sites is 1. The average molecular weight is 292 g/mol. The molecule has 0 radical (unpaired) electrons. The molecule has 2 heterocycles. The summed E-state index contributed by atoms with van der Waals surface area (Å²) in [6.07, 6.45) is 1.25. The van der Waals surface area contributed by atoms with E-state index in [-0.39, 0.29) is 6.10 Å². The van der Waals surface area contributed by atoms with Crippen LogP contribution in [0.15, 0.2) is 28.8 Å². The van der Waals surface area contributed by atoms with Crippen LogP contribution in [0.2, 0.25) is 0 Å². The average Bonchev–Trinajstić information content (AvgIpc) is 3.11. The van der Waals surface area contributed by atoms with Crippen molar-refractivity contribution in [3.05, 3.63) is 24.3 Å². The van der Waals surface area contributed by atoms with Crippen molar-refractivity contribution in [1.29, 1.82) is 0 Å². The molecule has 0 amide bonds. The maximum Gasteiger partial charge on any atom is 0.172 e. The van der Waals surface area contributed by atoms with E-state index >= 15 is 0 Å². The van der Waals surface area contributed by atoms with Gasteiger partial charge in [0.2, 0.25) is 0 Å². The molecule has 20 heavy (non-hydrogen) atoms. The first-order chi connectivity index (χ1) is 9.78. The molecule has 106 valence electrons. The fraction of sp³-hybridized carbons (Fsp3) is 0.357. The number of nitrogens with zero attached hydrogens (tertiary/aromatic N) is 1. The summed E-state index contributed by atoms with van der Waals surface area (Å²) in [5.41, 5.74) is 6.43. The van der Waals surface area contributed by atoms with Gasteiger partial charge >= 0.3 is 0 Å². The van der Waals surface area contributed by atoms with Crippen LogP contribution >= 0.6 is 11.8 Å². The zero-order valence-corrected chi connectivity index (χ0v) is 12.0. The van der Waals surface area contributed by atoms with Gasteiger partial charge in [0.25, 0.3) is 0 Å². The minimum Gasteiger partial charge on any atom is -0.493 e. The van der Waals surface area contributed by atoms with Crippen molar-refractivity contribution in [3.63, 3.8) is 0 Å². The number of aromatic nitrogens is 1. The molecule has 1 aliphatic rings. The standard InChI is InChI=1S/C14H16N2O3S/c1-17-11-4-2-3-10(12-7-13(15)16-19-12)14(11)18-9-5-6-20-8-9/h2-4,7,9H,5-6,8H2,1H3,(H2,15,16). The summed E-state index contributed by atoms with van der Waals surface area (Å²) in [6, 6.07) is 7.37. The second kappa shape index (κ2) is 5.66. The number of benzene rings is 1. The minimum atomic E-state index is 0.204. The Morgan fingerprint density at radius 2 is 2.35 bits per heavy atom. The van der Waals surface area contributed by atoms with E-state index in [0.29, 0.717) is 23.1 Å². The number of hydrogen-bond acceptors (Lipinski definition) is 6. The highest BCUT2D eigenvalue weighted by Crippen LogP contribution is 2.40. The fourth-order valence-corrected chi connectivity index (χ4v) is 3.27. The van der Waals surface area contributed by atoms with Crippen molar-refractivity contribution in [3.8, 4) is 22.8 Å². The molecule has 6 heteroatoms. The normalized spacial score (nSPS) is 18.1. The lowest BCUT2D eigenvalue weighted by Gasteiger charge is -2.17. The van der Waals surface area contributed by atoms with Gasteiger partial charge in [-0.15, -0.1) is 0 Å². The first kappa shape index (κ1) is 13.2. The highest BCUT2D eigenvalue weighted by Gasteiger charge is 2.22. The van der Waals surface area contributed by atoms with Gasteiger partial charge in [-0.3, -0.25) is 0 Å². The van der Waals surface area contributed by atoms with Crippen LogP contribution in [0, 0.1) is 0 Å². The van der Waals surface area contributed by atoms with Crippen molar-refractivity contribution in [2.45, 2.75) is 12.5 Å². The van der Waals surface area contributed by atoms with Gasteiger partial charge in [0.1, 0.15) is 6.10 Å². The molecule has 1 fully saturated rings. The third kappa shape index (κ3) is 2.56. The maximum absolute atomic E-state index is 6.12. The molecular weight excluding hydrogens is 276 g/mol. The van der Waals surface area contributed by atoms with Crippen LogP contribution in [0.1, 0.15) is 6.42 Å². The van der Waals surface area contributed by atoms with Crippen LogP contribution in [0.3, 0.4) is 0 Å². The van der Waals surface area contributed by atoms with Crippen molar-refractivity contribution in [2.75, 3.05) is 24.3 Å². The number of nitrogen functional groups attached to an aromatic ring is 1. The predicted octanol–water partition coefficient (Wildman–Crippen LogP) is 2.82. The van der Waals surface area contributed by atoms with E-state index in [1.54, 1.807) is 13.2 Å². The van der Waals surface area contributed by atoms with Gasteiger partial charge in [0.05, 0.1) is 12.7 Å². The van der Waals surface area contributed by atoms with E-state index in [2.05, 4.69) is 5.16 Å². The summed E-state index contributed by atoms with van der Waals surface area (Å²) in [4.78, 5) is 0. The van der Waals surface area contributed by atoms with Crippen molar-refractivity contribution in [1.82, 2.24) is 5.16 Å². The molecule has 1 aliphatic heterocycles. The lowest BCUT2D eigenvalue weighted by Crippen LogP contribution is -2.15. The lowest BCUT2D eigenvalue weighted by atomic mass is 10.1. The largest absolute Gasteiger partial charge is 0.493 e. The molecule has 0 aliphatic carbocycles. The Labute approximate surface area is 121 Å². The van der Waals surface area contributed by atoms with E-state index in [1.807, 2.05) is 30.0 Å². The summed E-state index contributed by atoms with van der Waals surface area (Å²) in [7, 11) is 1.63. The van der Waals surface area contributed by atoms with Gasteiger partial charge in [-0.25, -0.2) is 0 Å². The van der Waals surface area contributed by atoms with Crippen LogP contribution in [0.4, 0.5) is 5.82 Å². The molecule has 0 spiro atoms. The topological polar surface area (TPSA) is 70.5 Å². The Kier molecular flexibility index (Phi) is 3.73. The van der Waals surface area contributed by atoms with Gasteiger partial charge in [-0.05, 0) is 24.3 Å². The van der Waals surface area contributed by atoms with Crippen molar-refractivity contribution in [2.24, 2.45) is 0 Å². The third-order valence-corrected chi connectivity index (χ3v) is 4.30. The first-order valence-corrected chi connectivity index (χ1v) is 7.57. The van der Waals surface area contributed by atoms with Crippen LogP contribution in [0.5, 0.6) is 11.5 Å². The Morgan fingerprint density at radius 1 is 1.45 bits per heavy atom. The van der Waals surface area contributed by atoms with Crippen LogP contribution < -0.4 is 15.2 Å². The number of hydrogen-bond donors (Lipinski definition) is 1. The van der Waals surface area contributed by atoms with E-state index in [9.17, 15) is 0 Å². The minimum absolute atomic E-state index is 0.204. The van der Waals surface area contributed by atoms with Gasteiger partial charge in [0, 0.05) is 11.8 Å². The second-order valence-electron chi connectivity index (χ2n) is 4.56. The van der Waals surface area contributed by atoms with E-state index < -0.39 is 0 Å². The predicted molar refractivity (Wildman–Crippen MR) is 79.3 cm³/mol. The van der Waals surface area contributed by atoms with E-state index in [0.717, 1.165) is 23.5 Å². The van der Waals surface area contributed by atoms with E-state index in [1.165, 1.54) is 0 Å². The van der Waals surface area contributed by atoms with Gasteiger partial charge in [0.15, 0.2) is 23.1 Å². The molecule has 2 aromatic rings. The number of methoxy groups -OCH3 is 1. The number of nitrogens with two attached hydrogens (primary N) is 1. The van der Waals surface area contributed by atoms with Crippen LogP contribution in [-0.2, 0) is 0 Å². The van der Waals surface area contributed by atoms with Crippen molar-refractivity contribution >= 4 is 17.6 Å². The Hall–Kier alpha value is -1.82. The molecule has 0 saturated carbocycles. The van der Waals surface area contributed by atoms with E-state index in [4.69, 9.17) is 19.7 Å². The molecule has 2 N–H and O–H groups in total. The zero-order chi connectivity index (χ0) is 13.9. The monoisotopic (exact) mass is 292 g/mol. The zero-order valence-electron chi connectivity index (χ0n) is 11.2. The Bertz CT molecular complexity index is 594. The number of ether oxygens (including phenoxy) is 2. The molecule has 3 rings (SSSR count). The fourth-order valence-electron chi connectivity index (χ4n) is 2.18. The summed E-state index contributed by atoms with van der Waals surface area (Å²) < 4.78 is 16.8. The van der Waals surface area contributed by atoms with Gasteiger partial charge < -0.3 is 19.7 Å². The second-order valence-corrected chi connectivity index (χ2v) is 5.71. The first-order valence-electron chi connectivity index (χ1n) is 6.42. The van der Waals surface area contributed by atoms with Gasteiger partial charge in [-0.2, -0.15) is 11.8 Å². The van der Waals surface area contributed by atoms with Crippen molar-refractivity contribution < 1.29 is 14.0 Å². The summed E-state index contributed by atoms with van der Waals surface area (Å²) in [6.45, 7) is 0. The van der Waals surface area contributed by atoms with Gasteiger partial charge in [-0.1, -0.05) is 11.2 Å². The smallest absolute Gasteiger partial charge is 0.172 e. The van der Waals surface area contributed by atoms with Crippen LogP contribution in [-0.4, -0.2) is 29.9 Å². The Morgan fingerprint density at radius 3 is 3.00 bits per heavy atom. The number of rotatable bonds is 4. The lowest BCUT2D eigenvalue weighted by molar-refractivity contribution is 0.219. The molecule has 1 aromatic heterocycles. The molecule has 0 bridgehead atoms. The van der Waals surface area contributed by atoms with Crippen LogP contribution in [0.25, 0.3) is 11.3 Å². The number of thioether (sulfide) groups is 1. The molecule has 1 unspecified atom stereocenters. The third-order valence-electron chi connectivity index (χ3n) is 3.17. The highest BCUT2D eigenvalue weighted by atomic mass is 32.2. The highest BCUT2D eigenvalue weighted by molar-refractivity contribution is 7.99. The summed E-state index contributed by atoms with van der Waals surface area (Å²) in [5.74, 6) is 4.45. The molecule has 1 aromatic carbocycles. The number of anilines is 1. The molecule has 5 nitrogen and oxygen atoms in total. The molecule has 1 atom stereocenters. The molecular formula is C14H16N2O3S.